The molecule has 5 heteroatoms. The topological polar surface area (TPSA) is 54.3 Å². The number of hydrogen-bond donors (Lipinski definition) is 2. The van der Waals surface area contributed by atoms with Crippen LogP contribution < -0.4 is 5.32 Å². The highest BCUT2D eigenvalue weighted by Gasteiger charge is 2.13. The largest absolute Gasteiger partial charge is 0.396 e. The molecule has 2 aromatic rings. The summed E-state index contributed by atoms with van der Waals surface area (Å²) >= 11 is 1.45. The molecule has 2 rings (SSSR count). The minimum absolute atomic E-state index is 0.0253. The number of nitrogens with zero attached hydrogens (tertiary/aromatic N) is 1. The number of thiophene rings is 1. The molecule has 0 radical (unpaired) electrons. The number of nitrogens with one attached hydrogen (secondary N) is 1. The second kappa shape index (κ2) is 7.11. The number of hydrogen-bond acceptors (Lipinski definition) is 3. The third-order valence-corrected chi connectivity index (χ3v) is 3.76. The maximum Gasteiger partial charge on any atom is 0.263 e. The van der Waals surface area contributed by atoms with E-state index in [1.807, 2.05) is 40.5 Å². The maximum absolute atomic E-state index is 12.1. The van der Waals surface area contributed by atoms with Crippen LogP contribution in [0.5, 0.6) is 0 Å². The molecule has 4 nitrogen and oxygen atoms in total. The van der Waals surface area contributed by atoms with Gasteiger partial charge in [0.15, 0.2) is 0 Å². The Morgan fingerprint density at radius 1 is 1.26 bits per heavy atom. The van der Waals surface area contributed by atoms with E-state index in [1.54, 1.807) is 0 Å². The lowest BCUT2D eigenvalue weighted by Crippen LogP contribution is -2.24. The lowest BCUT2D eigenvalue weighted by atomic mass is 10.2. The first-order chi connectivity index (χ1) is 9.33. The van der Waals surface area contributed by atoms with Crippen molar-refractivity contribution in [3.8, 4) is 5.69 Å². The first-order valence-corrected chi connectivity index (χ1v) is 7.31. The molecule has 0 fully saturated rings. The van der Waals surface area contributed by atoms with Crippen LogP contribution in [-0.2, 0) is 0 Å². The number of aliphatic hydroxyl groups excluding tert-OH is 1. The van der Waals surface area contributed by atoms with Crippen molar-refractivity contribution in [1.82, 2.24) is 9.88 Å². The number of aromatic nitrogens is 1. The van der Waals surface area contributed by atoms with Crippen LogP contribution in [0.3, 0.4) is 0 Å². The molecule has 0 aromatic carbocycles. The van der Waals surface area contributed by atoms with E-state index in [0.29, 0.717) is 6.54 Å². The molecule has 2 aromatic heterocycles. The monoisotopic (exact) mass is 278 g/mol. The first-order valence-electron chi connectivity index (χ1n) is 6.43. The number of carbonyl (C=O) groups excluding carboxylic acids is 1. The molecule has 0 aliphatic carbocycles. The fourth-order valence-corrected chi connectivity index (χ4v) is 2.67. The molecule has 0 saturated carbocycles. The van der Waals surface area contributed by atoms with Crippen LogP contribution in [0.15, 0.2) is 36.0 Å². The van der Waals surface area contributed by atoms with Gasteiger partial charge in [-0.2, -0.15) is 0 Å². The Kier molecular flexibility index (Phi) is 5.18. The highest BCUT2D eigenvalue weighted by Crippen LogP contribution is 2.21. The summed E-state index contributed by atoms with van der Waals surface area (Å²) in [4.78, 5) is 12.8. The molecular weight excluding hydrogens is 260 g/mol. The standard InChI is InChI=1S/C14H18N2O2S/c17-10-5-1-2-7-15-14(18)13-12(6-11-19-13)16-8-3-4-9-16/h3-4,6,8-9,11,17H,1-2,5,7,10H2,(H,15,18). The van der Waals surface area contributed by atoms with Gasteiger partial charge in [-0.05, 0) is 42.8 Å². The average molecular weight is 278 g/mol. The second-order valence-corrected chi connectivity index (χ2v) is 5.18. The summed E-state index contributed by atoms with van der Waals surface area (Å²) in [5.74, 6) is -0.0253. The smallest absolute Gasteiger partial charge is 0.263 e. The number of rotatable bonds is 7. The Hall–Kier alpha value is -1.59. The molecule has 2 N–H and O–H groups in total. The number of amides is 1. The molecule has 0 spiro atoms. The maximum atomic E-state index is 12.1. The minimum atomic E-state index is -0.0253. The molecule has 0 bridgehead atoms. The normalized spacial score (nSPS) is 10.6. The zero-order valence-electron chi connectivity index (χ0n) is 10.7. The molecule has 19 heavy (non-hydrogen) atoms. The van der Waals surface area contributed by atoms with E-state index in [0.717, 1.165) is 29.8 Å². The molecule has 0 aliphatic heterocycles. The molecule has 0 unspecified atom stereocenters. The molecule has 1 amide bonds. The average Bonchev–Trinajstić information content (AvgIpc) is 3.08. The van der Waals surface area contributed by atoms with Gasteiger partial charge in [0.05, 0.1) is 5.69 Å². The van der Waals surface area contributed by atoms with Crippen molar-refractivity contribution < 1.29 is 9.90 Å². The van der Waals surface area contributed by atoms with E-state index in [9.17, 15) is 4.79 Å². The lowest BCUT2D eigenvalue weighted by Gasteiger charge is -2.06. The zero-order chi connectivity index (χ0) is 13.5. The molecular formula is C14H18N2O2S. The molecule has 0 aliphatic rings. The van der Waals surface area contributed by atoms with E-state index in [4.69, 9.17) is 5.11 Å². The predicted octanol–water partition coefficient (Wildman–Crippen LogP) is 2.43. The van der Waals surface area contributed by atoms with E-state index >= 15 is 0 Å². The van der Waals surface area contributed by atoms with Crippen LogP contribution in [-0.4, -0.2) is 28.7 Å². The van der Waals surface area contributed by atoms with Gasteiger partial charge in [-0.1, -0.05) is 0 Å². The summed E-state index contributed by atoms with van der Waals surface area (Å²) in [6.07, 6.45) is 6.49. The van der Waals surface area contributed by atoms with Crippen molar-refractivity contribution in [1.29, 1.82) is 0 Å². The van der Waals surface area contributed by atoms with E-state index in [1.165, 1.54) is 11.3 Å². The third kappa shape index (κ3) is 3.68. The SMILES string of the molecule is O=C(NCCCCCO)c1sccc1-n1cccc1. The number of carbonyl (C=O) groups is 1. The molecule has 0 atom stereocenters. The minimum Gasteiger partial charge on any atom is -0.396 e. The second-order valence-electron chi connectivity index (χ2n) is 4.27. The van der Waals surface area contributed by atoms with Gasteiger partial charge in [-0.25, -0.2) is 0 Å². The molecule has 102 valence electrons. The lowest BCUT2D eigenvalue weighted by molar-refractivity contribution is 0.0957. The van der Waals surface area contributed by atoms with Crippen molar-refractivity contribution in [2.45, 2.75) is 19.3 Å². The zero-order valence-corrected chi connectivity index (χ0v) is 11.5. The van der Waals surface area contributed by atoms with Gasteiger partial charge in [0.25, 0.3) is 5.91 Å². The quantitative estimate of drug-likeness (QED) is 0.764. The van der Waals surface area contributed by atoms with Crippen molar-refractivity contribution in [2.75, 3.05) is 13.2 Å². The fourth-order valence-electron chi connectivity index (χ4n) is 1.87. The highest BCUT2D eigenvalue weighted by atomic mass is 32.1. The molecule has 2 heterocycles. The van der Waals surface area contributed by atoms with Gasteiger partial charge >= 0.3 is 0 Å². The molecule has 0 saturated heterocycles. The van der Waals surface area contributed by atoms with Crippen LogP contribution in [0, 0.1) is 0 Å². The van der Waals surface area contributed by atoms with E-state index < -0.39 is 0 Å². The van der Waals surface area contributed by atoms with Gasteiger partial charge in [0, 0.05) is 25.5 Å². The highest BCUT2D eigenvalue weighted by molar-refractivity contribution is 7.12. The third-order valence-electron chi connectivity index (χ3n) is 2.85. The van der Waals surface area contributed by atoms with Crippen molar-refractivity contribution >= 4 is 17.2 Å². The van der Waals surface area contributed by atoms with Crippen molar-refractivity contribution in [2.24, 2.45) is 0 Å². The van der Waals surface area contributed by atoms with Crippen LogP contribution in [0.25, 0.3) is 5.69 Å². The summed E-state index contributed by atoms with van der Waals surface area (Å²) in [5.41, 5.74) is 0.919. The fraction of sp³-hybridized carbons (Fsp3) is 0.357. The summed E-state index contributed by atoms with van der Waals surface area (Å²) in [7, 11) is 0. The predicted molar refractivity (Wildman–Crippen MR) is 76.9 cm³/mol. The summed E-state index contributed by atoms with van der Waals surface area (Å²) in [6.45, 7) is 0.874. The van der Waals surface area contributed by atoms with Gasteiger partial charge in [0.2, 0.25) is 0 Å². The Morgan fingerprint density at radius 3 is 2.79 bits per heavy atom. The van der Waals surface area contributed by atoms with Crippen LogP contribution in [0.4, 0.5) is 0 Å². The van der Waals surface area contributed by atoms with Crippen LogP contribution in [0.2, 0.25) is 0 Å². The summed E-state index contributed by atoms with van der Waals surface area (Å²) in [6, 6.07) is 5.83. The van der Waals surface area contributed by atoms with E-state index in [2.05, 4.69) is 5.32 Å². The summed E-state index contributed by atoms with van der Waals surface area (Å²) < 4.78 is 1.94. The number of aliphatic hydroxyl groups is 1. The van der Waals surface area contributed by atoms with Crippen LogP contribution >= 0.6 is 11.3 Å². The van der Waals surface area contributed by atoms with E-state index in [-0.39, 0.29) is 12.5 Å². The Balaban J connectivity index is 1.91. The van der Waals surface area contributed by atoms with Gasteiger partial charge in [-0.3, -0.25) is 4.79 Å². The Bertz CT molecular complexity index is 505. The van der Waals surface area contributed by atoms with Gasteiger partial charge < -0.3 is 15.0 Å². The first kappa shape index (κ1) is 13.8. The van der Waals surface area contributed by atoms with Gasteiger partial charge in [0.1, 0.15) is 4.88 Å². The number of unbranched alkanes of at least 4 members (excludes halogenated alkanes) is 2. The Morgan fingerprint density at radius 2 is 2.05 bits per heavy atom. The summed E-state index contributed by atoms with van der Waals surface area (Å²) in [5, 5.41) is 13.5. The van der Waals surface area contributed by atoms with Crippen molar-refractivity contribution in [3.63, 3.8) is 0 Å². The Labute approximate surface area is 116 Å². The van der Waals surface area contributed by atoms with Gasteiger partial charge in [-0.15, -0.1) is 11.3 Å². The van der Waals surface area contributed by atoms with Crippen molar-refractivity contribution in [3.05, 3.63) is 40.8 Å². The van der Waals surface area contributed by atoms with Crippen LogP contribution in [0.1, 0.15) is 28.9 Å².